The van der Waals surface area contributed by atoms with Crippen LogP contribution in [-0.4, -0.2) is 18.9 Å². The van der Waals surface area contributed by atoms with Crippen LogP contribution in [0.4, 0.5) is 0 Å². The highest BCUT2D eigenvalue weighted by atomic mass is 35.5. The molecule has 0 amide bonds. The lowest BCUT2D eigenvalue weighted by atomic mass is 9.86. The lowest BCUT2D eigenvalue weighted by Crippen LogP contribution is -2.21. The summed E-state index contributed by atoms with van der Waals surface area (Å²) in [6, 6.07) is 12.9. The predicted molar refractivity (Wildman–Crippen MR) is 92.9 cm³/mol. The zero-order valence-electron chi connectivity index (χ0n) is 12.5. The second-order valence-corrected chi connectivity index (χ2v) is 6.47. The van der Waals surface area contributed by atoms with E-state index in [0.717, 1.165) is 23.9 Å². The summed E-state index contributed by atoms with van der Waals surface area (Å²) in [5.74, 6) is 1.04. The molecule has 2 aromatic carbocycles. The third-order valence-electron chi connectivity index (χ3n) is 4.57. The highest BCUT2D eigenvalue weighted by Crippen LogP contribution is 2.32. The number of aliphatic imine (C=N–C) groups is 1. The van der Waals surface area contributed by atoms with Gasteiger partial charge < -0.3 is 5.32 Å². The van der Waals surface area contributed by atoms with E-state index in [0.29, 0.717) is 0 Å². The Morgan fingerprint density at radius 2 is 1.59 bits per heavy atom. The lowest BCUT2D eigenvalue weighted by molar-refractivity contribution is 0.685. The van der Waals surface area contributed by atoms with Crippen LogP contribution in [0, 0.1) is 0 Å². The summed E-state index contributed by atoms with van der Waals surface area (Å²) < 4.78 is 0. The van der Waals surface area contributed by atoms with Gasteiger partial charge in [-0.1, -0.05) is 29.8 Å². The molecule has 1 aliphatic heterocycles. The molecule has 0 aromatic heterocycles. The van der Waals surface area contributed by atoms with Crippen LogP contribution in [0.5, 0.6) is 0 Å². The van der Waals surface area contributed by atoms with E-state index in [1.165, 1.54) is 53.5 Å². The minimum atomic E-state index is 0.777. The normalized spacial score (nSPS) is 16.9. The standard InChI is InChI=1S/C19H19ClN2/c20-16-7-5-13(6-8-16)17-11-14-3-1-2-4-15(14)12-18(17)19-21-9-10-22-19/h5-8,11-12H,1-4,9-10H2,(H,21,22). The van der Waals surface area contributed by atoms with Gasteiger partial charge in [0.1, 0.15) is 5.84 Å². The summed E-state index contributed by atoms with van der Waals surface area (Å²) in [4.78, 5) is 4.64. The molecule has 0 fully saturated rings. The zero-order valence-corrected chi connectivity index (χ0v) is 13.3. The van der Waals surface area contributed by atoms with Crippen molar-refractivity contribution >= 4 is 17.4 Å². The van der Waals surface area contributed by atoms with E-state index in [-0.39, 0.29) is 0 Å². The number of fused-ring (bicyclic) bond motifs is 1. The molecular formula is C19H19ClN2. The fourth-order valence-electron chi connectivity index (χ4n) is 3.43. The highest BCUT2D eigenvalue weighted by Gasteiger charge is 2.19. The third-order valence-corrected chi connectivity index (χ3v) is 4.82. The van der Waals surface area contributed by atoms with E-state index in [9.17, 15) is 0 Å². The quantitative estimate of drug-likeness (QED) is 0.881. The Morgan fingerprint density at radius 3 is 2.23 bits per heavy atom. The van der Waals surface area contributed by atoms with Crippen molar-refractivity contribution in [3.63, 3.8) is 0 Å². The minimum absolute atomic E-state index is 0.777. The van der Waals surface area contributed by atoms with Gasteiger partial charge in [0.15, 0.2) is 0 Å². The Labute approximate surface area is 136 Å². The molecule has 0 bridgehead atoms. The molecule has 4 rings (SSSR count). The summed E-state index contributed by atoms with van der Waals surface area (Å²) in [5, 5.41) is 4.20. The number of nitrogens with one attached hydrogen (secondary N) is 1. The molecule has 112 valence electrons. The number of benzene rings is 2. The molecule has 0 spiro atoms. The number of halogens is 1. The Balaban J connectivity index is 1.88. The van der Waals surface area contributed by atoms with Crippen LogP contribution in [-0.2, 0) is 12.8 Å². The van der Waals surface area contributed by atoms with Crippen LogP contribution in [0.25, 0.3) is 11.1 Å². The number of rotatable bonds is 2. The van der Waals surface area contributed by atoms with E-state index < -0.39 is 0 Å². The van der Waals surface area contributed by atoms with Gasteiger partial charge in [-0.15, -0.1) is 0 Å². The lowest BCUT2D eigenvalue weighted by Gasteiger charge is -2.20. The summed E-state index contributed by atoms with van der Waals surface area (Å²) in [5.41, 5.74) is 6.71. The second-order valence-electron chi connectivity index (χ2n) is 6.04. The smallest absolute Gasteiger partial charge is 0.129 e. The molecule has 3 heteroatoms. The molecule has 0 saturated heterocycles. The summed E-state index contributed by atoms with van der Waals surface area (Å²) in [7, 11) is 0. The van der Waals surface area contributed by atoms with Gasteiger partial charge in [0.05, 0.1) is 6.54 Å². The highest BCUT2D eigenvalue weighted by molar-refractivity contribution is 6.30. The average Bonchev–Trinajstić information content (AvgIpc) is 3.09. The molecule has 2 aromatic rings. The van der Waals surface area contributed by atoms with Crippen molar-refractivity contribution in [2.75, 3.05) is 13.1 Å². The monoisotopic (exact) mass is 310 g/mol. The van der Waals surface area contributed by atoms with Crippen molar-refractivity contribution in [3.05, 3.63) is 58.1 Å². The molecule has 2 aliphatic rings. The van der Waals surface area contributed by atoms with Gasteiger partial charge in [0.2, 0.25) is 0 Å². The van der Waals surface area contributed by atoms with Gasteiger partial charge in [0.25, 0.3) is 0 Å². The maximum absolute atomic E-state index is 6.05. The van der Waals surface area contributed by atoms with Gasteiger partial charge in [-0.25, -0.2) is 0 Å². The number of aryl methyl sites for hydroxylation is 2. The van der Waals surface area contributed by atoms with E-state index in [1.54, 1.807) is 0 Å². The molecule has 0 radical (unpaired) electrons. The third kappa shape index (κ3) is 2.52. The summed E-state index contributed by atoms with van der Waals surface area (Å²) in [6.45, 7) is 1.80. The minimum Gasteiger partial charge on any atom is -0.368 e. The van der Waals surface area contributed by atoms with Crippen LogP contribution in [0.1, 0.15) is 29.5 Å². The average molecular weight is 311 g/mol. The van der Waals surface area contributed by atoms with Crippen molar-refractivity contribution in [2.24, 2.45) is 4.99 Å². The Kier molecular flexibility index (Phi) is 3.63. The molecule has 1 N–H and O–H groups in total. The number of nitrogens with zero attached hydrogens (tertiary/aromatic N) is 1. The molecule has 0 saturated carbocycles. The molecular weight excluding hydrogens is 292 g/mol. The number of hydrogen-bond acceptors (Lipinski definition) is 2. The van der Waals surface area contributed by atoms with Gasteiger partial charge in [0, 0.05) is 17.1 Å². The Hall–Kier alpha value is -1.80. The molecule has 22 heavy (non-hydrogen) atoms. The fourth-order valence-corrected chi connectivity index (χ4v) is 3.55. The first kappa shape index (κ1) is 13.8. The van der Waals surface area contributed by atoms with E-state index >= 15 is 0 Å². The summed E-state index contributed by atoms with van der Waals surface area (Å²) in [6.07, 6.45) is 4.98. The van der Waals surface area contributed by atoms with E-state index in [1.807, 2.05) is 12.1 Å². The van der Waals surface area contributed by atoms with Crippen LogP contribution >= 0.6 is 11.6 Å². The fraction of sp³-hybridized carbons (Fsp3) is 0.316. The SMILES string of the molecule is Clc1ccc(-c2cc3c(cc2C2=NCCN2)CCCC3)cc1. The molecule has 0 unspecified atom stereocenters. The van der Waals surface area contributed by atoms with E-state index in [2.05, 4.69) is 34.6 Å². The van der Waals surface area contributed by atoms with Gasteiger partial charge in [-0.3, -0.25) is 4.99 Å². The van der Waals surface area contributed by atoms with Crippen molar-refractivity contribution in [2.45, 2.75) is 25.7 Å². The predicted octanol–water partition coefficient (Wildman–Crippen LogP) is 4.24. The molecule has 0 atom stereocenters. The number of amidine groups is 1. The Morgan fingerprint density at radius 1 is 0.909 bits per heavy atom. The first-order valence-corrected chi connectivity index (χ1v) is 8.39. The van der Waals surface area contributed by atoms with Crippen LogP contribution < -0.4 is 5.32 Å². The van der Waals surface area contributed by atoms with Crippen molar-refractivity contribution in [3.8, 4) is 11.1 Å². The molecule has 1 heterocycles. The summed E-state index contributed by atoms with van der Waals surface area (Å²) >= 11 is 6.05. The van der Waals surface area contributed by atoms with Crippen LogP contribution in [0.3, 0.4) is 0 Å². The largest absolute Gasteiger partial charge is 0.368 e. The van der Waals surface area contributed by atoms with E-state index in [4.69, 9.17) is 11.6 Å². The molecule has 2 nitrogen and oxygen atoms in total. The first-order chi connectivity index (χ1) is 10.8. The van der Waals surface area contributed by atoms with Gasteiger partial charge in [-0.2, -0.15) is 0 Å². The first-order valence-electron chi connectivity index (χ1n) is 8.02. The van der Waals surface area contributed by atoms with Crippen molar-refractivity contribution < 1.29 is 0 Å². The Bertz CT molecular complexity index is 732. The van der Waals surface area contributed by atoms with Crippen molar-refractivity contribution in [1.29, 1.82) is 0 Å². The van der Waals surface area contributed by atoms with Crippen LogP contribution in [0.15, 0.2) is 41.4 Å². The van der Waals surface area contributed by atoms with Crippen molar-refractivity contribution in [1.82, 2.24) is 5.32 Å². The molecule has 1 aliphatic carbocycles. The van der Waals surface area contributed by atoms with Crippen LogP contribution in [0.2, 0.25) is 5.02 Å². The number of hydrogen-bond donors (Lipinski definition) is 1. The zero-order chi connectivity index (χ0) is 14.9. The second kappa shape index (κ2) is 5.77. The topological polar surface area (TPSA) is 24.4 Å². The maximum Gasteiger partial charge on any atom is 0.129 e. The van der Waals surface area contributed by atoms with Gasteiger partial charge in [-0.05, 0) is 66.1 Å². The van der Waals surface area contributed by atoms with Gasteiger partial charge >= 0.3 is 0 Å². The maximum atomic E-state index is 6.05.